The van der Waals surface area contributed by atoms with E-state index in [-0.39, 0.29) is 5.60 Å². The highest BCUT2D eigenvalue weighted by molar-refractivity contribution is 4.91. The van der Waals surface area contributed by atoms with E-state index in [4.69, 9.17) is 0 Å². The van der Waals surface area contributed by atoms with E-state index in [2.05, 4.69) is 11.9 Å². The van der Waals surface area contributed by atoms with Crippen molar-refractivity contribution in [1.29, 1.82) is 0 Å². The van der Waals surface area contributed by atoms with Crippen molar-refractivity contribution in [3.8, 4) is 0 Å². The van der Waals surface area contributed by atoms with Gasteiger partial charge in [0.05, 0.1) is 5.60 Å². The quantitative estimate of drug-likeness (QED) is 0.695. The Labute approximate surface area is 87.3 Å². The van der Waals surface area contributed by atoms with Gasteiger partial charge in [0.2, 0.25) is 0 Å². The van der Waals surface area contributed by atoms with Crippen molar-refractivity contribution in [2.24, 2.45) is 5.92 Å². The van der Waals surface area contributed by atoms with E-state index >= 15 is 0 Å². The first-order valence-electron chi connectivity index (χ1n) is 6.12. The Morgan fingerprint density at radius 1 is 1.07 bits per heavy atom. The van der Waals surface area contributed by atoms with Gasteiger partial charge in [-0.2, -0.15) is 0 Å². The van der Waals surface area contributed by atoms with Crippen molar-refractivity contribution in [2.75, 3.05) is 20.1 Å². The molecule has 2 fully saturated rings. The average Bonchev–Trinajstić information content (AvgIpc) is 2.63. The second-order valence-corrected chi connectivity index (χ2v) is 5.24. The molecule has 1 aliphatic carbocycles. The minimum atomic E-state index is -0.318. The Morgan fingerprint density at radius 2 is 1.79 bits per heavy atom. The molecular weight excluding hydrogens is 174 g/mol. The molecule has 2 aliphatic rings. The fourth-order valence-corrected chi connectivity index (χ4v) is 3.15. The van der Waals surface area contributed by atoms with Gasteiger partial charge in [0.15, 0.2) is 0 Å². The predicted molar refractivity (Wildman–Crippen MR) is 58.3 cm³/mol. The molecule has 2 heteroatoms. The molecule has 0 radical (unpaired) electrons. The van der Waals surface area contributed by atoms with Gasteiger partial charge < -0.3 is 10.0 Å². The fraction of sp³-hybridized carbons (Fsp3) is 1.00. The van der Waals surface area contributed by atoms with E-state index in [1.807, 2.05) is 0 Å². The van der Waals surface area contributed by atoms with Crippen LogP contribution in [0.1, 0.15) is 44.9 Å². The molecule has 1 heterocycles. The van der Waals surface area contributed by atoms with Crippen LogP contribution in [-0.4, -0.2) is 35.7 Å². The molecule has 0 spiro atoms. The Morgan fingerprint density at radius 3 is 2.50 bits per heavy atom. The first-order chi connectivity index (χ1) is 6.71. The van der Waals surface area contributed by atoms with Crippen LogP contribution in [0.3, 0.4) is 0 Å². The normalized spacial score (nSPS) is 37.3. The van der Waals surface area contributed by atoms with Gasteiger partial charge in [-0.15, -0.1) is 0 Å². The van der Waals surface area contributed by atoms with Crippen molar-refractivity contribution in [1.82, 2.24) is 4.90 Å². The number of aliphatic hydroxyl groups is 1. The van der Waals surface area contributed by atoms with E-state index < -0.39 is 0 Å². The molecule has 1 N–H and O–H groups in total. The lowest BCUT2D eigenvalue weighted by Crippen LogP contribution is -2.37. The summed E-state index contributed by atoms with van der Waals surface area (Å²) in [6, 6.07) is 0. The lowest BCUT2D eigenvalue weighted by molar-refractivity contribution is -0.0285. The van der Waals surface area contributed by atoms with Crippen molar-refractivity contribution in [3.05, 3.63) is 0 Å². The van der Waals surface area contributed by atoms with Gasteiger partial charge in [-0.05, 0) is 51.6 Å². The maximum atomic E-state index is 10.6. The molecule has 1 saturated carbocycles. The van der Waals surface area contributed by atoms with Crippen LogP contribution in [-0.2, 0) is 0 Å². The minimum absolute atomic E-state index is 0.318. The third kappa shape index (κ3) is 2.12. The van der Waals surface area contributed by atoms with Gasteiger partial charge in [0, 0.05) is 6.54 Å². The molecule has 14 heavy (non-hydrogen) atoms. The van der Waals surface area contributed by atoms with Gasteiger partial charge in [0.1, 0.15) is 0 Å². The van der Waals surface area contributed by atoms with Crippen LogP contribution in [0.4, 0.5) is 0 Å². The summed E-state index contributed by atoms with van der Waals surface area (Å²) in [6.45, 7) is 2.24. The maximum Gasteiger partial charge on any atom is 0.0688 e. The topological polar surface area (TPSA) is 23.5 Å². The van der Waals surface area contributed by atoms with Crippen LogP contribution in [0.2, 0.25) is 0 Å². The highest BCUT2D eigenvalue weighted by Gasteiger charge is 2.38. The zero-order valence-electron chi connectivity index (χ0n) is 9.34. The molecule has 0 amide bonds. The van der Waals surface area contributed by atoms with Crippen LogP contribution in [0.25, 0.3) is 0 Å². The van der Waals surface area contributed by atoms with Crippen molar-refractivity contribution in [2.45, 2.75) is 50.5 Å². The van der Waals surface area contributed by atoms with E-state index in [0.29, 0.717) is 5.92 Å². The first kappa shape index (κ1) is 10.4. The molecule has 1 unspecified atom stereocenters. The highest BCUT2D eigenvalue weighted by Crippen LogP contribution is 2.39. The number of likely N-dealkylation sites (tertiary alicyclic amines) is 1. The van der Waals surface area contributed by atoms with Gasteiger partial charge in [-0.25, -0.2) is 0 Å². The number of nitrogens with zero attached hydrogens (tertiary/aromatic N) is 1. The molecule has 0 aromatic carbocycles. The van der Waals surface area contributed by atoms with Gasteiger partial charge in [-0.1, -0.05) is 12.8 Å². The largest absolute Gasteiger partial charge is 0.390 e. The second kappa shape index (κ2) is 4.19. The average molecular weight is 197 g/mol. The lowest BCUT2D eigenvalue weighted by atomic mass is 9.80. The first-order valence-corrected chi connectivity index (χ1v) is 6.12. The maximum absolute atomic E-state index is 10.6. The molecular formula is C12H23NO. The Kier molecular flexibility index (Phi) is 3.13. The molecule has 0 aromatic heterocycles. The van der Waals surface area contributed by atoms with E-state index in [9.17, 15) is 5.11 Å². The third-order valence-electron chi connectivity index (χ3n) is 4.19. The number of hydrogen-bond acceptors (Lipinski definition) is 2. The number of rotatable bonds is 1. The minimum Gasteiger partial charge on any atom is -0.390 e. The Hall–Kier alpha value is -0.0800. The molecule has 2 rings (SSSR count). The van der Waals surface area contributed by atoms with Crippen LogP contribution in [0, 0.1) is 5.92 Å². The van der Waals surface area contributed by atoms with Crippen molar-refractivity contribution in [3.63, 3.8) is 0 Å². The summed E-state index contributed by atoms with van der Waals surface area (Å²) in [5.41, 5.74) is -0.318. The summed E-state index contributed by atoms with van der Waals surface area (Å²) in [6.07, 6.45) is 8.39. The molecule has 1 atom stereocenters. The summed E-state index contributed by atoms with van der Waals surface area (Å²) in [4.78, 5) is 2.35. The van der Waals surface area contributed by atoms with Crippen LogP contribution in [0.5, 0.6) is 0 Å². The van der Waals surface area contributed by atoms with E-state index in [0.717, 1.165) is 25.9 Å². The summed E-state index contributed by atoms with van der Waals surface area (Å²) in [7, 11) is 2.17. The van der Waals surface area contributed by atoms with Crippen molar-refractivity contribution < 1.29 is 5.11 Å². The SMILES string of the molecule is CN1CCCC(O)(C2CCCC2)CC1. The molecule has 2 nitrogen and oxygen atoms in total. The molecule has 1 saturated heterocycles. The standard InChI is InChI=1S/C12H23NO/c1-13-9-4-7-12(14,8-10-13)11-5-2-3-6-11/h11,14H,2-10H2,1H3. The zero-order chi connectivity index (χ0) is 10.0. The lowest BCUT2D eigenvalue weighted by Gasteiger charge is -2.33. The van der Waals surface area contributed by atoms with Gasteiger partial charge >= 0.3 is 0 Å². The second-order valence-electron chi connectivity index (χ2n) is 5.24. The summed E-state index contributed by atoms with van der Waals surface area (Å²) in [5.74, 6) is 0.606. The highest BCUT2D eigenvalue weighted by atomic mass is 16.3. The van der Waals surface area contributed by atoms with E-state index in [1.165, 1.54) is 32.1 Å². The Balaban J connectivity index is 1.98. The van der Waals surface area contributed by atoms with Crippen LogP contribution in [0.15, 0.2) is 0 Å². The molecule has 0 aromatic rings. The van der Waals surface area contributed by atoms with Gasteiger partial charge in [0.25, 0.3) is 0 Å². The molecule has 82 valence electrons. The van der Waals surface area contributed by atoms with Crippen LogP contribution < -0.4 is 0 Å². The smallest absolute Gasteiger partial charge is 0.0688 e. The van der Waals surface area contributed by atoms with Crippen LogP contribution >= 0.6 is 0 Å². The Bertz CT molecular complexity index is 189. The van der Waals surface area contributed by atoms with E-state index in [1.54, 1.807) is 0 Å². The van der Waals surface area contributed by atoms with Crippen molar-refractivity contribution >= 4 is 0 Å². The fourth-order valence-electron chi connectivity index (χ4n) is 3.15. The molecule has 1 aliphatic heterocycles. The zero-order valence-corrected chi connectivity index (χ0v) is 9.34. The monoisotopic (exact) mass is 197 g/mol. The third-order valence-corrected chi connectivity index (χ3v) is 4.19. The predicted octanol–water partition coefficient (Wildman–Crippen LogP) is 2.02. The summed E-state index contributed by atoms with van der Waals surface area (Å²) < 4.78 is 0. The van der Waals surface area contributed by atoms with Gasteiger partial charge in [-0.3, -0.25) is 0 Å². The summed E-state index contributed by atoms with van der Waals surface area (Å²) >= 11 is 0. The summed E-state index contributed by atoms with van der Waals surface area (Å²) in [5, 5.41) is 10.6. The molecule has 0 bridgehead atoms. The number of hydrogen-bond donors (Lipinski definition) is 1.